The molecule has 1 aromatic carbocycles. The summed E-state index contributed by atoms with van der Waals surface area (Å²) in [4.78, 5) is 14.0. The molecule has 0 aromatic heterocycles. The van der Waals surface area contributed by atoms with Crippen LogP contribution in [-0.2, 0) is 4.74 Å². The molecule has 0 aliphatic carbocycles. The van der Waals surface area contributed by atoms with E-state index in [-0.39, 0.29) is 5.97 Å². The number of carbonyl (C=O) groups is 1. The first-order chi connectivity index (χ1) is 9.02. The van der Waals surface area contributed by atoms with Crippen molar-refractivity contribution < 1.29 is 9.53 Å². The fourth-order valence-electron chi connectivity index (χ4n) is 2.27. The molecule has 0 spiro atoms. The minimum absolute atomic E-state index is 0.269. The molecule has 106 valence electrons. The zero-order chi connectivity index (χ0) is 14.4. The molecule has 1 aromatic rings. The lowest BCUT2D eigenvalue weighted by Gasteiger charge is -2.29. The summed E-state index contributed by atoms with van der Waals surface area (Å²) in [6.45, 7) is 6.40. The molecule has 1 rings (SSSR count). The molecule has 3 nitrogen and oxygen atoms in total. The van der Waals surface area contributed by atoms with Gasteiger partial charge in [-0.05, 0) is 38.0 Å². The highest BCUT2D eigenvalue weighted by molar-refractivity contribution is 5.92. The number of anilines is 1. The average molecular weight is 263 g/mol. The Hall–Kier alpha value is -1.51. The Bertz CT molecular complexity index is 429. The minimum Gasteiger partial charge on any atom is -0.465 e. The van der Waals surface area contributed by atoms with Crippen LogP contribution in [0.4, 0.5) is 5.69 Å². The van der Waals surface area contributed by atoms with Crippen LogP contribution in [0.3, 0.4) is 0 Å². The molecule has 3 heteroatoms. The molecule has 0 fully saturated rings. The second kappa shape index (κ2) is 7.17. The molecular weight excluding hydrogens is 238 g/mol. The Labute approximate surface area is 116 Å². The fourth-order valence-corrected chi connectivity index (χ4v) is 2.27. The van der Waals surface area contributed by atoms with Crippen molar-refractivity contribution in [2.75, 3.05) is 19.1 Å². The van der Waals surface area contributed by atoms with E-state index in [2.05, 4.69) is 31.9 Å². The molecule has 0 aliphatic rings. The predicted octanol–water partition coefficient (Wildman–Crippen LogP) is 3.80. The third-order valence-electron chi connectivity index (χ3n) is 3.73. The summed E-state index contributed by atoms with van der Waals surface area (Å²) < 4.78 is 4.82. The van der Waals surface area contributed by atoms with E-state index in [0.717, 1.165) is 17.7 Å². The van der Waals surface area contributed by atoms with Crippen LogP contribution in [0.25, 0.3) is 0 Å². The van der Waals surface area contributed by atoms with E-state index >= 15 is 0 Å². The molecule has 0 radical (unpaired) electrons. The summed E-state index contributed by atoms with van der Waals surface area (Å²) in [6.07, 6.45) is 3.59. The molecule has 19 heavy (non-hydrogen) atoms. The van der Waals surface area contributed by atoms with Crippen molar-refractivity contribution in [3.63, 3.8) is 0 Å². The van der Waals surface area contributed by atoms with Gasteiger partial charge >= 0.3 is 5.97 Å². The van der Waals surface area contributed by atoms with Crippen molar-refractivity contribution in [2.45, 2.75) is 46.1 Å². The van der Waals surface area contributed by atoms with Gasteiger partial charge in [0, 0.05) is 18.8 Å². The lowest BCUT2D eigenvalue weighted by molar-refractivity contribution is 0.0600. The van der Waals surface area contributed by atoms with Gasteiger partial charge in [-0.25, -0.2) is 4.79 Å². The van der Waals surface area contributed by atoms with Crippen molar-refractivity contribution in [1.29, 1.82) is 0 Å². The second-order valence-corrected chi connectivity index (χ2v) is 5.04. The number of benzene rings is 1. The molecule has 0 bridgehead atoms. The van der Waals surface area contributed by atoms with Crippen LogP contribution in [0.15, 0.2) is 18.2 Å². The lowest BCUT2D eigenvalue weighted by atomic mass is 10.0. The summed E-state index contributed by atoms with van der Waals surface area (Å²) in [5.74, 6) is -0.269. The molecule has 0 heterocycles. The van der Waals surface area contributed by atoms with Gasteiger partial charge in [-0.15, -0.1) is 0 Å². The molecule has 1 atom stereocenters. The van der Waals surface area contributed by atoms with Crippen molar-refractivity contribution in [2.24, 2.45) is 0 Å². The summed E-state index contributed by atoms with van der Waals surface area (Å²) >= 11 is 0. The third-order valence-corrected chi connectivity index (χ3v) is 3.73. The van der Waals surface area contributed by atoms with Crippen LogP contribution in [0.5, 0.6) is 0 Å². The average Bonchev–Trinajstić information content (AvgIpc) is 2.43. The number of hydrogen-bond acceptors (Lipinski definition) is 3. The molecule has 1 unspecified atom stereocenters. The number of nitrogens with zero attached hydrogens (tertiary/aromatic N) is 1. The number of ether oxygens (including phenoxy) is 1. The van der Waals surface area contributed by atoms with Crippen LogP contribution in [-0.4, -0.2) is 26.2 Å². The topological polar surface area (TPSA) is 29.5 Å². The summed E-state index contributed by atoms with van der Waals surface area (Å²) in [7, 11) is 3.51. The van der Waals surface area contributed by atoms with Crippen LogP contribution >= 0.6 is 0 Å². The van der Waals surface area contributed by atoms with Crippen LogP contribution < -0.4 is 4.90 Å². The summed E-state index contributed by atoms with van der Waals surface area (Å²) in [6, 6.07) is 6.25. The third kappa shape index (κ3) is 3.72. The van der Waals surface area contributed by atoms with Crippen molar-refractivity contribution in [1.82, 2.24) is 0 Å². The SMILES string of the molecule is CCCCC(C)N(C)c1cccc(C(=O)OC)c1C. The highest BCUT2D eigenvalue weighted by Gasteiger charge is 2.16. The van der Waals surface area contributed by atoms with Gasteiger partial charge in [-0.1, -0.05) is 25.8 Å². The first kappa shape index (κ1) is 15.5. The first-order valence-electron chi connectivity index (χ1n) is 6.93. The van der Waals surface area contributed by atoms with Gasteiger partial charge in [-0.3, -0.25) is 0 Å². The maximum atomic E-state index is 11.7. The van der Waals surface area contributed by atoms with Crippen LogP contribution in [0, 0.1) is 6.92 Å². The highest BCUT2D eigenvalue weighted by Crippen LogP contribution is 2.25. The number of hydrogen-bond donors (Lipinski definition) is 0. The first-order valence-corrected chi connectivity index (χ1v) is 6.93. The highest BCUT2D eigenvalue weighted by atomic mass is 16.5. The second-order valence-electron chi connectivity index (χ2n) is 5.04. The normalized spacial score (nSPS) is 12.1. The monoisotopic (exact) mass is 263 g/mol. The van der Waals surface area contributed by atoms with Crippen LogP contribution in [0.1, 0.15) is 49.0 Å². The molecular formula is C16H25NO2. The van der Waals surface area contributed by atoms with E-state index in [9.17, 15) is 4.79 Å². The molecule has 0 saturated carbocycles. The maximum Gasteiger partial charge on any atom is 0.338 e. The Morgan fingerprint density at radius 3 is 2.68 bits per heavy atom. The fraction of sp³-hybridized carbons (Fsp3) is 0.562. The van der Waals surface area contributed by atoms with E-state index in [1.807, 2.05) is 19.1 Å². The molecule has 0 aliphatic heterocycles. The van der Waals surface area contributed by atoms with Crippen LogP contribution in [0.2, 0.25) is 0 Å². The molecule has 0 N–H and O–H groups in total. The Balaban J connectivity index is 2.97. The van der Waals surface area contributed by atoms with Gasteiger partial charge in [0.2, 0.25) is 0 Å². The van der Waals surface area contributed by atoms with Gasteiger partial charge in [0.1, 0.15) is 0 Å². The quantitative estimate of drug-likeness (QED) is 0.731. The lowest BCUT2D eigenvalue weighted by Crippen LogP contribution is -2.29. The van der Waals surface area contributed by atoms with Crippen molar-refractivity contribution >= 4 is 11.7 Å². The zero-order valence-corrected chi connectivity index (χ0v) is 12.7. The summed E-state index contributed by atoms with van der Waals surface area (Å²) in [5, 5.41) is 0. The van der Waals surface area contributed by atoms with Gasteiger partial charge < -0.3 is 9.64 Å². The minimum atomic E-state index is -0.269. The van der Waals surface area contributed by atoms with Crippen molar-refractivity contribution in [3.05, 3.63) is 29.3 Å². The maximum absolute atomic E-state index is 11.7. The number of methoxy groups -OCH3 is 1. The van der Waals surface area contributed by atoms with Gasteiger partial charge in [0.15, 0.2) is 0 Å². The number of rotatable bonds is 6. The predicted molar refractivity (Wildman–Crippen MR) is 79.9 cm³/mol. The van der Waals surface area contributed by atoms with E-state index in [0.29, 0.717) is 11.6 Å². The molecule has 0 saturated heterocycles. The number of esters is 1. The number of unbranched alkanes of at least 4 members (excludes halogenated alkanes) is 1. The van der Waals surface area contributed by atoms with E-state index < -0.39 is 0 Å². The Morgan fingerprint density at radius 2 is 2.11 bits per heavy atom. The zero-order valence-electron chi connectivity index (χ0n) is 12.7. The smallest absolute Gasteiger partial charge is 0.338 e. The Kier molecular flexibility index (Phi) is 5.87. The largest absolute Gasteiger partial charge is 0.465 e. The van der Waals surface area contributed by atoms with E-state index in [1.165, 1.54) is 20.0 Å². The standard InChI is InChI=1S/C16H25NO2/c1-6-7-9-12(2)17(4)15-11-8-10-14(13(15)3)16(18)19-5/h8,10-12H,6-7,9H2,1-5H3. The number of carbonyl (C=O) groups excluding carboxylic acids is 1. The van der Waals surface area contributed by atoms with Gasteiger partial charge in [0.05, 0.1) is 12.7 Å². The van der Waals surface area contributed by atoms with Gasteiger partial charge in [-0.2, -0.15) is 0 Å². The summed E-state index contributed by atoms with van der Waals surface area (Å²) in [5.41, 5.74) is 2.74. The molecule has 0 amide bonds. The Morgan fingerprint density at radius 1 is 1.42 bits per heavy atom. The van der Waals surface area contributed by atoms with Gasteiger partial charge in [0.25, 0.3) is 0 Å². The van der Waals surface area contributed by atoms with Crippen molar-refractivity contribution in [3.8, 4) is 0 Å². The van der Waals surface area contributed by atoms with E-state index in [4.69, 9.17) is 4.74 Å². The van der Waals surface area contributed by atoms with E-state index in [1.54, 1.807) is 0 Å².